The largest absolute Gasteiger partial charge is 0.391 e. The summed E-state index contributed by atoms with van der Waals surface area (Å²) in [6.07, 6.45) is -0.463. The number of hydrogen-bond donors (Lipinski definition) is 3. The molecule has 0 radical (unpaired) electrons. The van der Waals surface area contributed by atoms with E-state index in [1.165, 1.54) is 0 Å². The van der Waals surface area contributed by atoms with Crippen molar-refractivity contribution >= 4 is 11.6 Å². The smallest absolute Gasteiger partial charge is 0.208 e. The number of rotatable bonds is 0. The van der Waals surface area contributed by atoms with E-state index in [0.29, 0.717) is 12.8 Å². The molecule has 28 heavy (non-hydrogen) atoms. The Labute approximate surface area is 162 Å². The predicted molar refractivity (Wildman–Crippen MR) is 94.1 cm³/mol. The minimum atomic E-state index is -2.31. The van der Waals surface area contributed by atoms with Crippen molar-refractivity contribution in [1.82, 2.24) is 0 Å². The number of Topliss-reactive ketones (excluding diaryl/α,β-unsaturated/α-hetero) is 2. The van der Waals surface area contributed by atoms with Gasteiger partial charge in [-0.3, -0.25) is 9.59 Å². The highest BCUT2D eigenvalue weighted by atomic mass is 16.6. The molecule has 6 aliphatic rings. The van der Waals surface area contributed by atoms with Crippen LogP contribution in [0, 0.1) is 45.3 Å². The molecular weight excluding hydrogens is 362 g/mol. The van der Waals surface area contributed by atoms with Crippen LogP contribution in [0.1, 0.15) is 26.7 Å². The predicted octanol–water partition coefficient (Wildman–Crippen LogP) is 0.254. The zero-order chi connectivity index (χ0) is 20.4. The Balaban J connectivity index is 1.86. The Morgan fingerprint density at radius 3 is 2.54 bits per heavy atom. The van der Waals surface area contributed by atoms with Crippen LogP contribution in [0.25, 0.3) is 0 Å². The van der Waals surface area contributed by atoms with Gasteiger partial charge in [0.2, 0.25) is 5.79 Å². The van der Waals surface area contributed by atoms with Crippen LogP contribution in [-0.4, -0.2) is 51.5 Å². The number of aliphatic hydroxyl groups excluding tert-OH is 2. The summed E-state index contributed by atoms with van der Waals surface area (Å²) in [5.74, 6) is -5.34. The second-order valence-corrected chi connectivity index (χ2v) is 9.67. The number of aliphatic hydroxyl groups is 3. The van der Waals surface area contributed by atoms with Crippen LogP contribution >= 0.6 is 0 Å². The molecule has 0 aromatic carbocycles. The topological polar surface area (TPSA) is 128 Å². The molecule has 0 unspecified atom stereocenters. The van der Waals surface area contributed by atoms with Crippen molar-refractivity contribution in [1.29, 1.82) is 5.26 Å². The van der Waals surface area contributed by atoms with E-state index in [2.05, 4.69) is 6.58 Å². The zero-order valence-corrected chi connectivity index (χ0v) is 15.8. The molecule has 2 heterocycles. The summed E-state index contributed by atoms with van der Waals surface area (Å²) in [4.78, 5) is 26.9. The Hall–Kier alpha value is -1.85. The maximum atomic E-state index is 13.5. The quantitative estimate of drug-likeness (QED) is 0.510. The van der Waals surface area contributed by atoms with Crippen LogP contribution in [-0.2, 0) is 14.3 Å². The number of nitriles is 1. The maximum absolute atomic E-state index is 13.5. The van der Waals surface area contributed by atoms with Crippen molar-refractivity contribution in [2.24, 2.45) is 34.0 Å². The number of carbonyl (C=O) groups excluding carboxylic acids is 2. The minimum Gasteiger partial charge on any atom is -0.391 e. The molecule has 4 bridgehead atoms. The summed E-state index contributed by atoms with van der Waals surface area (Å²) < 4.78 is 5.70. The van der Waals surface area contributed by atoms with Crippen molar-refractivity contribution in [3.63, 3.8) is 0 Å². The SMILES string of the molecule is C=C1C(=O)[C@]23[C@H](O)[C@H]1CC[C@H]2[C@@]12CO[C@]3(O)[C@@H](O)[C@@H]1C(C)(C)C=C(C#N)C2=O. The van der Waals surface area contributed by atoms with Gasteiger partial charge in [-0.05, 0) is 29.7 Å². The Kier molecular flexibility index (Phi) is 3.13. The lowest BCUT2D eigenvalue weighted by Gasteiger charge is -2.72. The number of fused-ring (bicyclic) bond motifs is 2. The van der Waals surface area contributed by atoms with Crippen LogP contribution in [0.5, 0.6) is 0 Å². The molecule has 2 spiro atoms. The lowest BCUT2D eigenvalue weighted by atomic mass is 9.36. The summed E-state index contributed by atoms with van der Waals surface area (Å²) >= 11 is 0. The lowest BCUT2D eigenvalue weighted by Crippen LogP contribution is -2.85. The summed E-state index contributed by atoms with van der Waals surface area (Å²) in [6, 6.07) is 1.96. The maximum Gasteiger partial charge on any atom is 0.208 e. The Bertz CT molecular complexity index is 930. The molecule has 7 heteroatoms. The third kappa shape index (κ3) is 1.46. The number of ether oxygens (including phenoxy) is 1. The normalized spacial score (nSPS) is 53.4. The van der Waals surface area contributed by atoms with E-state index in [1.54, 1.807) is 19.9 Å². The monoisotopic (exact) mass is 385 g/mol. The van der Waals surface area contributed by atoms with Crippen LogP contribution in [0.2, 0.25) is 0 Å². The van der Waals surface area contributed by atoms with Gasteiger partial charge >= 0.3 is 0 Å². The van der Waals surface area contributed by atoms with E-state index in [1.807, 2.05) is 6.07 Å². The Morgan fingerprint density at radius 2 is 1.89 bits per heavy atom. The Morgan fingerprint density at radius 1 is 1.21 bits per heavy atom. The molecule has 8 atom stereocenters. The standard InChI is InChI=1S/C21H23NO6/c1-9-11-4-5-12-19-8-28-21(27,20(12,14(9)23)16(11)25)17(26)13(19)18(2,3)6-10(7-22)15(19)24/h6,11-13,16-17,25-27H,1,4-5,8H2,2-3H3/t11-,12-,13+,16+,17-,19-,20-,21+/m0/s1. The van der Waals surface area contributed by atoms with E-state index >= 15 is 0 Å². The van der Waals surface area contributed by atoms with Gasteiger partial charge in [0.1, 0.15) is 17.6 Å². The van der Waals surface area contributed by atoms with Crippen LogP contribution in [0.15, 0.2) is 23.8 Å². The van der Waals surface area contributed by atoms with Crippen LogP contribution < -0.4 is 0 Å². The zero-order valence-electron chi connectivity index (χ0n) is 15.8. The number of nitrogens with zero attached hydrogens (tertiary/aromatic N) is 1. The van der Waals surface area contributed by atoms with Gasteiger partial charge in [0, 0.05) is 11.8 Å². The molecule has 2 aliphatic heterocycles. The third-order valence-corrected chi connectivity index (χ3v) is 8.40. The average Bonchev–Trinajstić information content (AvgIpc) is 2.75. The van der Waals surface area contributed by atoms with Gasteiger partial charge in [0.15, 0.2) is 11.6 Å². The molecule has 5 fully saturated rings. The summed E-state index contributed by atoms with van der Waals surface area (Å²) in [7, 11) is 0. The molecule has 0 aromatic rings. The van der Waals surface area contributed by atoms with Crippen molar-refractivity contribution < 1.29 is 29.6 Å². The fourth-order valence-electron chi connectivity index (χ4n) is 7.53. The fourth-order valence-corrected chi connectivity index (χ4v) is 7.53. The molecule has 3 saturated carbocycles. The molecule has 0 aromatic heterocycles. The third-order valence-electron chi connectivity index (χ3n) is 8.40. The van der Waals surface area contributed by atoms with Gasteiger partial charge < -0.3 is 20.1 Å². The summed E-state index contributed by atoms with van der Waals surface area (Å²) in [5.41, 5.74) is -3.82. The molecule has 2 saturated heterocycles. The van der Waals surface area contributed by atoms with Gasteiger partial charge in [0.25, 0.3) is 0 Å². The van der Waals surface area contributed by atoms with Crippen molar-refractivity contribution in [3.05, 3.63) is 23.8 Å². The first-order chi connectivity index (χ1) is 13.0. The van der Waals surface area contributed by atoms with Gasteiger partial charge in [-0.25, -0.2) is 0 Å². The summed E-state index contributed by atoms with van der Waals surface area (Å²) in [5, 5.41) is 43.6. The van der Waals surface area contributed by atoms with Gasteiger partial charge in [0.05, 0.1) is 23.7 Å². The highest BCUT2D eigenvalue weighted by molar-refractivity contribution is 6.09. The highest BCUT2D eigenvalue weighted by Crippen LogP contribution is 2.75. The first kappa shape index (κ1) is 18.2. The van der Waals surface area contributed by atoms with E-state index in [0.717, 1.165) is 0 Å². The van der Waals surface area contributed by atoms with E-state index in [4.69, 9.17) is 4.74 Å². The van der Waals surface area contributed by atoms with Crippen LogP contribution in [0.3, 0.4) is 0 Å². The number of allylic oxidation sites excluding steroid dienone is 2. The minimum absolute atomic E-state index is 0.0274. The van der Waals surface area contributed by atoms with Crippen LogP contribution in [0.4, 0.5) is 0 Å². The molecular formula is C21H23NO6. The lowest BCUT2D eigenvalue weighted by molar-refractivity contribution is -0.433. The molecule has 3 N–H and O–H groups in total. The first-order valence-corrected chi connectivity index (χ1v) is 9.65. The van der Waals surface area contributed by atoms with Crippen molar-refractivity contribution in [2.45, 2.75) is 44.7 Å². The molecule has 4 aliphatic carbocycles. The molecule has 0 amide bonds. The van der Waals surface area contributed by atoms with Crippen molar-refractivity contribution in [2.75, 3.05) is 6.61 Å². The summed E-state index contributed by atoms with van der Waals surface area (Å²) in [6.45, 7) is 7.24. The molecule has 7 nitrogen and oxygen atoms in total. The van der Waals surface area contributed by atoms with E-state index < -0.39 is 63.6 Å². The number of hydrogen-bond acceptors (Lipinski definition) is 7. The van der Waals surface area contributed by atoms with Crippen molar-refractivity contribution in [3.8, 4) is 6.07 Å². The second-order valence-electron chi connectivity index (χ2n) is 9.67. The van der Waals surface area contributed by atoms with Gasteiger partial charge in [-0.2, -0.15) is 5.26 Å². The van der Waals surface area contributed by atoms with E-state index in [9.17, 15) is 30.2 Å². The molecule has 148 valence electrons. The molecule has 6 rings (SSSR count). The first-order valence-electron chi connectivity index (χ1n) is 9.65. The number of carbonyl (C=O) groups is 2. The number of ketones is 2. The second kappa shape index (κ2) is 4.82. The fraction of sp³-hybridized carbons (Fsp3) is 0.667. The van der Waals surface area contributed by atoms with Gasteiger partial charge in [-0.1, -0.05) is 26.5 Å². The van der Waals surface area contributed by atoms with Gasteiger partial charge in [-0.15, -0.1) is 0 Å². The van der Waals surface area contributed by atoms with E-state index in [-0.39, 0.29) is 17.8 Å². The average molecular weight is 385 g/mol. The highest BCUT2D eigenvalue weighted by Gasteiger charge is 2.87.